The van der Waals surface area contributed by atoms with Crippen molar-refractivity contribution in [2.45, 2.75) is 39.5 Å². The highest BCUT2D eigenvalue weighted by Gasteiger charge is 2.20. The first kappa shape index (κ1) is 17.9. The van der Waals surface area contributed by atoms with Gasteiger partial charge in [-0.15, -0.1) is 0 Å². The van der Waals surface area contributed by atoms with Crippen molar-refractivity contribution in [1.82, 2.24) is 10.2 Å². The molecule has 0 aromatic heterocycles. The molecule has 1 aliphatic rings. The van der Waals surface area contributed by atoms with Crippen LogP contribution in [0.25, 0.3) is 0 Å². The molecule has 0 unspecified atom stereocenters. The monoisotopic (exact) mass is 320 g/mol. The quantitative estimate of drug-likeness (QED) is 0.782. The van der Waals surface area contributed by atoms with Gasteiger partial charge in [0.05, 0.1) is 0 Å². The van der Waals surface area contributed by atoms with E-state index in [0.29, 0.717) is 24.9 Å². The molecule has 0 radical (unpaired) electrons. The number of aryl methyl sites for hydroxylation is 1. The Balaban J connectivity index is 1.59. The Morgan fingerprint density at radius 1 is 1.26 bits per heavy atom. The van der Waals surface area contributed by atoms with Crippen LogP contribution in [0.15, 0.2) is 24.3 Å². The van der Waals surface area contributed by atoms with Crippen molar-refractivity contribution in [3.63, 3.8) is 0 Å². The molecule has 1 heterocycles. The van der Waals surface area contributed by atoms with E-state index >= 15 is 0 Å². The first-order valence-electron chi connectivity index (χ1n) is 8.77. The number of piperidine rings is 1. The second kappa shape index (κ2) is 9.02. The van der Waals surface area contributed by atoms with E-state index in [9.17, 15) is 9.18 Å². The maximum Gasteiger partial charge on any atom is 0.220 e. The summed E-state index contributed by atoms with van der Waals surface area (Å²) >= 11 is 0. The lowest BCUT2D eigenvalue weighted by molar-refractivity contribution is -0.121. The minimum absolute atomic E-state index is 0.00799. The number of carbonyl (C=O) groups excluding carboxylic acids is 1. The first-order chi connectivity index (χ1) is 11.0. The Hall–Kier alpha value is -1.42. The van der Waals surface area contributed by atoms with Crippen LogP contribution < -0.4 is 5.32 Å². The predicted octanol–water partition coefficient (Wildman–Crippen LogP) is 3.24. The summed E-state index contributed by atoms with van der Waals surface area (Å²) in [6.45, 7) is 8.72. The van der Waals surface area contributed by atoms with Gasteiger partial charge in [0, 0.05) is 26.1 Å². The summed E-state index contributed by atoms with van der Waals surface area (Å²) in [5, 5.41) is 2.95. The Bertz CT molecular complexity index is 496. The second-order valence-electron chi connectivity index (χ2n) is 7.00. The Morgan fingerprint density at radius 2 is 1.96 bits per heavy atom. The summed E-state index contributed by atoms with van der Waals surface area (Å²) in [5.74, 6) is 1.32. The Labute approximate surface area is 139 Å². The number of likely N-dealkylation sites (tertiary alicyclic amines) is 1. The van der Waals surface area contributed by atoms with Gasteiger partial charge in [0.2, 0.25) is 5.91 Å². The summed E-state index contributed by atoms with van der Waals surface area (Å²) in [6, 6.07) is 6.65. The van der Waals surface area contributed by atoms with Crippen molar-refractivity contribution in [2.24, 2.45) is 11.8 Å². The van der Waals surface area contributed by atoms with Gasteiger partial charge >= 0.3 is 0 Å². The molecule has 1 fully saturated rings. The number of nitrogens with zero attached hydrogens (tertiary/aromatic N) is 1. The number of hydrogen-bond acceptors (Lipinski definition) is 2. The predicted molar refractivity (Wildman–Crippen MR) is 91.7 cm³/mol. The van der Waals surface area contributed by atoms with E-state index < -0.39 is 0 Å². The Morgan fingerprint density at radius 3 is 2.65 bits per heavy atom. The molecular weight excluding hydrogens is 291 g/mol. The maximum atomic E-state index is 13.5. The average molecular weight is 320 g/mol. The maximum absolute atomic E-state index is 13.5. The number of hydrogen-bond donors (Lipinski definition) is 1. The molecule has 0 spiro atoms. The molecule has 3 nitrogen and oxygen atoms in total. The fourth-order valence-corrected chi connectivity index (χ4v) is 3.54. The first-order valence-corrected chi connectivity index (χ1v) is 8.77. The van der Waals surface area contributed by atoms with Crippen LogP contribution in [-0.2, 0) is 11.2 Å². The summed E-state index contributed by atoms with van der Waals surface area (Å²) < 4.78 is 13.5. The zero-order chi connectivity index (χ0) is 16.7. The number of benzene rings is 1. The summed E-state index contributed by atoms with van der Waals surface area (Å²) in [7, 11) is 0. The smallest absolute Gasteiger partial charge is 0.220 e. The largest absolute Gasteiger partial charge is 0.356 e. The molecule has 4 heteroatoms. The van der Waals surface area contributed by atoms with Gasteiger partial charge < -0.3 is 10.2 Å². The lowest BCUT2D eigenvalue weighted by atomic mass is 9.92. The minimum atomic E-state index is -0.228. The molecule has 1 amide bonds. The van der Waals surface area contributed by atoms with Gasteiger partial charge in [0.25, 0.3) is 0 Å². The van der Waals surface area contributed by atoms with Crippen LogP contribution in [-0.4, -0.2) is 37.0 Å². The zero-order valence-electron chi connectivity index (χ0n) is 14.4. The molecule has 0 saturated carbocycles. The van der Waals surface area contributed by atoms with E-state index in [1.165, 1.54) is 25.6 Å². The van der Waals surface area contributed by atoms with Crippen LogP contribution in [0.1, 0.15) is 38.7 Å². The summed E-state index contributed by atoms with van der Waals surface area (Å²) in [6.07, 6.45) is 3.10. The van der Waals surface area contributed by atoms with Gasteiger partial charge in [0.1, 0.15) is 5.82 Å². The van der Waals surface area contributed by atoms with Crippen molar-refractivity contribution in [3.8, 4) is 0 Å². The number of halogens is 1. The number of nitrogens with one attached hydrogen (secondary N) is 1. The highest BCUT2D eigenvalue weighted by molar-refractivity contribution is 5.76. The fraction of sp³-hybridized carbons (Fsp3) is 0.632. The third kappa shape index (κ3) is 6.30. The van der Waals surface area contributed by atoms with Gasteiger partial charge in [-0.3, -0.25) is 4.79 Å². The van der Waals surface area contributed by atoms with Crippen LogP contribution >= 0.6 is 0 Å². The molecule has 2 rings (SSSR count). The van der Waals surface area contributed by atoms with Crippen LogP contribution in [0.3, 0.4) is 0 Å². The van der Waals surface area contributed by atoms with Crippen molar-refractivity contribution in [1.29, 1.82) is 0 Å². The van der Waals surface area contributed by atoms with Crippen molar-refractivity contribution in [3.05, 3.63) is 35.6 Å². The van der Waals surface area contributed by atoms with Crippen molar-refractivity contribution < 1.29 is 9.18 Å². The van der Waals surface area contributed by atoms with Crippen molar-refractivity contribution >= 4 is 5.91 Å². The molecular formula is C19H29FN2O. The summed E-state index contributed by atoms with van der Waals surface area (Å²) in [5.41, 5.74) is 0.610. The van der Waals surface area contributed by atoms with Crippen LogP contribution in [0, 0.1) is 17.7 Å². The van der Waals surface area contributed by atoms with Gasteiger partial charge in [-0.05, 0) is 49.3 Å². The van der Waals surface area contributed by atoms with Crippen LogP contribution in [0.5, 0.6) is 0 Å². The molecule has 128 valence electrons. The van der Waals surface area contributed by atoms with E-state index in [4.69, 9.17) is 0 Å². The van der Waals surface area contributed by atoms with E-state index in [1.54, 1.807) is 18.2 Å². The van der Waals surface area contributed by atoms with Crippen LogP contribution in [0.4, 0.5) is 4.39 Å². The van der Waals surface area contributed by atoms with E-state index in [0.717, 1.165) is 24.8 Å². The molecule has 23 heavy (non-hydrogen) atoms. The lowest BCUT2D eigenvalue weighted by Crippen LogP contribution is -2.40. The topological polar surface area (TPSA) is 32.3 Å². The normalized spacial score (nSPS) is 22.0. The van der Waals surface area contributed by atoms with Crippen molar-refractivity contribution in [2.75, 3.05) is 26.2 Å². The Kier molecular flexibility index (Phi) is 7.03. The number of amides is 1. The number of rotatable bonds is 7. The standard InChI is InChI=1S/C19H29FN2O/c1-15-12-16(2)14-22(13-15)11-5-10-21-19(23)9-8-17-6-3-4-7-18(17)20/h3-4,6-7,15-16H,5,8-14H2,1-2H3,(H,21,23)/t15-,16-/m1/s1. The third-order valence-electron chi connectivity index (χ3n) is 4.50. The third-order valence-corrected chi connectivity index (χ3v) is 4.50. The molecule has 0 aliphatic carbocycles. The van der Waals surface area contributed by atoms with E-state index in [2.05, 4.69) is 24.1 Å². The SMILES string of the molecule is C[C@@H]1C[C@@H](C)CN(CCCNC(=O)CCc2ccccc2F)C1. The zero-order valence-corrected chi connectivity index (χ0v) is 14.4. The van der Waals surface area contributed by atoms with Gasteiger partial charge in [0.15, 0.2) is 0 Å². The lowest BCUT2D eigenvalue weighted by Gasteiger charge is -2.34. The molecule has 0 bridgehead atoms. The average Bonchev–Trinajstić information content (AvgIpc) is 2.50. The molecule has 1 aromatic carbocycles. The molecule has 2 atom stereocenters. The highest BCUT2D eigenvalue weighted by Crippen LogP contribution is 2.20. The molecule has 1 saturated heterocycles. The minimum Gasteiger partial charge on any atom is -0.356 e. The summed E-state index contributed by atoms with van der Waals surface area (Å²) in [4.78, 5) is 14.3. The highest BCUT2D eigenvalue weighted by atomic mass is 19.1. The molecule has 1 aromatic rings. The van der Waals surface area contributed by atoms with Gasteiger partial charge in [-0.25, -0.2) is 4.39 Å². The fourth-order valence-electron chi connectivity index (χ4n) is 3.54. The number of carbonyl (C=O) groups is 1. The molecule has 1 aliphatic heterocycles. The van der Waals surface area contributed by atoms with Gasteiger partial charge in [-0.2, -0.15) is 0 Å². The van der Waals surface area contributed by atoms with E-state index in [1.807, 2.05) is 0 Å². The molecule has 1 N–H and O–H groups in total. The van der Waals surface area contributed by atoms with Crippen LogP contribution in [0.2, 0.25) is 0 Å². The second-order valence-corrected chi connectivity index (χ2v) is 7.00. The van der Waals surface area contributed by atoms with Gasteiger partial charge in [-0.1, -0.05) is 32.0 Å². The van der Waals surface area contributed by atoms with E-state index in [-0.39, 0.29) is 11.7 Å².